The lowest BCUT2D eigenvalue weighted by Gasteiger charge is -2.16. The van der Waals surface area contributed by atoms with Crippen LogP contribution >= 0.6 is 0 Å². The van der Waals surface area contributed by atoms with Gasteiger partial charge >= 0.3 is 17.9 Å². The van der Waals surface area contributed by atoms with Crippen LogP contribution in [0.5, 0.6) is 0 Å². The zero-order valence-corrected chi connectivity index (χ0v) is 28.2. The third-order valence-corrected chi connectivity index (χ3v) is 6.29. The molecule has 0 bridgehead atoms. The molecule has 2 aromatic rings. The lowest BCUT2D eigenvalue weighted by Crippen LogP contribution is -2.45. The number of methoxy groups -OCH3 is 1. The summed E-state index contributed by atoms with van der Waals surface area (Å²) in [5.74, 6) is -3.82. The topological polar surface area (TPSA) is 198 Å². The first-order valence-electron chi connectivity index (χ1n) is 14.9. The lowest BCUT2D eigenvalue weighted by molar-refractivity contribution is -0.133. The Hall–Kier alpha value is -5.24. The number of hydrogen-bond donors (Lipinski definition) is 2. The van der Waals surface area contributed by atoms with E-state index in [1.807, 2.05) is 0 Å². The van der Waals surface area contributed by atoms with Gasteiger partial charge in [-0.3, -0.25) is 24.0 Å². The van der Waals surface area contributed by atoms with Gasteiger partial charge in [0.15, 0.2) is 23.8 Å². The van der Waals surface area contributed by atoms with Gasteiger partial charge in [-0.25, -0.2) is 14.4 Å². The van der Waals surface area contributed by atoms with Crippen molar-refractivity contribution in [1.82, 2.24) is 10.6 Å². The van der Waals surface area contributed by atoms with Gasteiger partial charge in [0.2, 0.25) is 0 Å². The third-order valence-electron chi connectivity index (χ3n) is 6.29. The van der Waals surface area contributed by atoms with Gasteiger partial charge in [0, 0.05) is 12.7 Å². The highest BCUT2D eigenvalue weighted by Crippen LogP contribution is 2.11. The summed E-state index contributed by atoms with van der Waals surface area (Å²) in [6, 6.07) is 11.4. The van der Waals surface area contributed by atoms with Crippen LogP contribution < -0.4 is 10.6 Å². The van der Waals surface area contributed by atoms with Crippen LogP contribution in [0.2, 0.25) is 0 Å². The SMILES string of the molecule is C.C.CC(=O)c1ccc(C(=O)OC(C)C(=O)NCNC(=O)C(C)OC(=O)c2ccc(C(=O)OC(C)C)cc2)cc1.COC(C)C(=O)CC(C)=O. The fraction of sp³-hybridized carbons (Fsp3) is 0.444. The van der Waals surface area contributed by atoms with Crippen LogP contribution in [-0.4, -0.2) is 85.3 Å². The van der Waals surface area contributed by atoms with E-state index in [9.17, 15) is 38.4 Å². The van der Waals surface area contributed by atoms with E-state index in [2.05, 4.69) is 10.6 Å². The molecule has 0 aliphatic heterocycles. The van der Waals surface area contributed by atoms with Crippen LogP contribution in [-0.2, 0) is 38.1 Å². The number of amides is 2. The Morgan fingerprint density at radius 1 is 0.560 bits per heavy atom. The van der Waals surface area contributed by atoms with Gasteiger partial charge in [0.1, 0.15) is 11.9 Å². The molecule has 0 aliphatic rings. The van der Waals surface area contributed by atoms with Crippen molar-refractivity contribution in [1.29, 1.82) is 0 Å². The number of rotatable bonds is 15. The molecule has 3 atom stereocenters. The second-order valence-electron chi connectivity index (χ2n) is 10.7. The molecule has 0 saturated carbocycles. The van der Waals surface area contributed by atoms with Gasteiger partial charge in [0.25, 0.3) is 11.8 Å². The number of nitrogens with one attached hydrogen (secondary N) is 2. The largest absolute Gasteiger partial charge is 0.459 e. The maximum absolute atomic E-state index is 12.3. The summed E-state index contributed by atoms with van der Waals surface area (Å²) in [6.45, 7) is 10.3. The Labute approximate surface area is 293 Å². The fourth-order valence-corrected chi connectivity index (χ4v) is 3.46. The van der Waals surface area contributed by atoms with Crippen LogP contribution in [0.4, 0.5) is 0 Å². The monoisotopic (exact) mass is 702 g/mol. The van der Waals surface area contributed by atoms with Crippen LogP contribution in [0.15, 0.2) is 48.5 Å². The molecule has 14 heteroatoms. The molecule has 14 nitrogen and oxygen atoms in total. The highest BCUT2D eigenvalue weighted by atomic mass is 16.6. The van der Waals surface area contributed by atoms with Crippen molar-refractivity contribution in [3.05, 3.63) is 70.8 Å². The Bertz CT molecular complexity index is 1470. The van der Waals surface area contributed by atoms with Crippen molar-refractivity contribution in [2.24, 2.45) is 0 Å². The van der Waals surface area contributed by atoms with E-state index in [0.717, 1.165) is 0 Å². The molecular weight excluding hydrogens is 652 g/mol. The molecule has 0 saturated heterocycles. The predicted octanol–water partition coefficient (Wildman–Crippen LogP) is 4.28. The summed E-state index contributed by atoms with van der Waals surface area (Å²) in [7, 11) is 1.45. The van der Waals surface area contributed by atoms with Crippen LogP contribution in [0.1, 0.15) is 111 Å². The molecule has 0 radical (unpaired) electrons. The van der Waals surface area contributed by atoms with Crippen molar-refractivity contribution < 1.29 is 57.3 Å². The fourth-order valence-electron chi connectivity index (χ4n) is 3.46. The molecule has 276 valence electrons. The molecular formula is C36H50N2O12. The minimum atomic E-state index is -1.18. The van der Waals surface area contributed by atoms with E-state index >= 15 is 0 Å². The van der Waals surface area contributed by atoms with Crippen molar-refractivity contribution >= 4 is 47.1 Å². The minimum absolute atomic E-state index is 0. The molecule has 0 heterocycles. The summed E-state index contributed by atoms with van der Waals surface area (Å²) in [5, 5.41) is 4.77. The second kappa shape index (κ2) is 23.2. The second-order valence-corrected chi connectivity index (χ2v) is 10.7. The van der Waals surface area contributed by atoms with Crippen molar-refractivity contribution in [2.45, 2.75) is 94.2 Å². The number of hydrogen-bond acceptors (Lipinski definition) is 12. The van der Waals surface area contributed by atoms with Crippen molar-refractivity contribution in [3.63, 3.8) is 0 Å². The zero-order valence-electron chi connectivity index (χ0n) is 28.2. The average molecular weight is 703 g/mol. The van der Waals surface area contributed by atoms with Gasteiger partial charge in [-0.2, -0.15) is 0 Å². The summed E-state index contributed by atoms with van der Waals surface area (Å²) >= 11 is 0. The maximum atomic E-state index is 12.3. The van der Waals surface area contributed by atoms with Crippen LogP contribution in [0.25, 0.3) is 0 Å². The summed E-state index contributed by atoms with van der Waals surface area (Å²) < 4.78 is 20.0. The molecule has 2 rings (SSSR count). The van der Waals surface area contributed by atoms with Gasteiger partial charge in [0.05, 0.1) is 35.9 Å². The summed E-state index contributed by atoms with van der Waals surface area (Å²) in [4.78, 5) is 93.4. The first-order chi connectivity index (χ1) is 22.5. The Morgan fingerprint density at radius 3 is 1.20 bits per heavy atom. The van der Waals surface area contributed by atoms with E-state index in [4.69, 9.17) is 18.9 Å². The first kappa shape index (κ1) is 46.9. The van der Waals surface area contributed by atoms with Crippen LogP contribution in [0, 0.1) is 0 Å². The lowest BCUT2D eigenvalue weighted by atomic mass is 10.1. The predicted molar refractivity (Wildman–Crippen MR) is 185 cm³/mol. The van der Waals surface area contributed by atoms with Crippen molar-refractivity contribution in [3.8, 4) is 0 Å². The average Bonchev–Trinajstić information content (AvgIpc) is 3.03. The molecule has 2 amide bonds. The Kier molecular flexibility index (Phi) is 21.7. The number of ether oxygens (including phenoxy) is 4. The molecule has 50 heavy (non-hydrogen) atoms. The number of Topliss-reactive ketones (excluding diaryl/α,β-unsaturated/α-hetero) is 3. The zero-order chi connectivity index (χ0) is 36.6. The molecule has 3 unspecified atom stereocenters. The first-order valence-corrected chi connectivity index (χ1v) is 14.9. The van der Waals surface area contributed by atoms with E-state index < -0.39 is 48.0 Å². The molecule has 0 spiro atoms. The van der Waals surface area contributed by atoms with Gasteiger partial charge in [-0.15, -0.1) is 0 Å². The molecule has 0 aliphatic carbocycles. The van der Waals surface area contributed by atoms with Gasteiger partial charge < -0.3 is 29.6 Å². The number of benzene rings is 2. The third kappa shape index (κ3) is 16.7. The smallest absolute Gasteiger partial charge is 0.338 e. The van der Waals surface area contributed by atoms with E-state index in [0.29, 0.717) is 5.56 Å². The number of ketones is 3. The molecule has 2 N–H and O–H groups in total. The molecule has 0 fully saturated rings. The Morgan fingerprint density at radius 2 is 0.900 bits per heavy atom. The van der Waals surface area contributed by atoms with Gasteiger partial charge in [-0.1, -0.05) is 27.0 Å². The van der Waals surface area contributed by atoms with E-state index in [1.54, 1.807) is 20.8 Å². The van der Waals surface area contributed by atoms with Crippen molar-refractivity contribution in [2.75, 3.05) is 13.8 Å². The number of carbonyl (C=O) groups excluding carboxylic acids is 8. The van der Waals surface area contributed by atoms with E-state index in [-0.39, 0.29) is 68.1 Å². The number of esters is 3. The Balaban J connectivity index is 0. The quantitative estimate of drug-likeness (QED) is 0.0880. The summed E-state index contributed by atoms with van der Waals surface area (Å²) in [5.41, 5.74) is 1.00. The highest BCUT2D eigenvalue weighted by molar-refractivity contribution is 6.00. The summed E-state index contributed by atoms with van der Waals surface area (Å²) in [6.07, 6.45) is -3.10. The highest BCUT2D eigenvalue weighted by Gasteiger charge is 2.22. The standard InChI is InChI=1S/C27H30N2O9.C7H12O3.2CH4/c1-15(2)36-25(33)20-10-12-22(13-11-20)27(35)38-18(5)24(32)29-14-28-23(31)17(4)37-26(34)21-8-6-19(7-9-21)16(3)30;1-5(8)4-7(9)6(2)10-3;;/h6-13,15,17-18H,14H2,1-5H3,(H,28,31)(H,29,32);6H,4H2,1-3H3;2*1H4. The normalized spacial score (nSPS) is 11.7. The van der Waals surface area contributed by atoms with E-state index in [1.165, 1.54) is 83.3 Å². The molecule has 2 aromatic carbocycles. The minimum Gasteiger partial charge on any atom is -0.459 e. The molecule has 0 aromatic heterocycles. The number of carbonyl (C=O) groups is 8. The van der Waals surface area contributed by atoms with Crippen LogP contribution in [0.3, 0.4) is 0 Å². The van der Waals surface area contributed by atoms with Gasteiger partial charge in [-0.05, 0) is 84.9 Å². The maximum Gasteiger partial charge on any atom is 0.338 e.